The first-order chi connectivity index (χ1) is 13.6. The van der Waals surface area contributed by atoms with Gasteiger partial charge in [-0.15, -0.1) is 12.4 Å². The number of ether oxygens (including phenoxy) is 1. The summed E-state index contributed by atoms with van der Waals surface area (Å²) in [6.45, 7) is 2.45. The molecule has 0 aliphatic heterocycles. The van der Waals surface area contributed by atoms with E-state index in [4.69, 9.17) is 10.5 Å². The zero-order valence-electron chi connectivity index (χ0n) is 16.3. The van der Waals surface area contributed by atoms with Crippen molar-refractivity contribution >= 4 is 12.4 Å². The van der Waals surface area contributed by atoms with Gasteiger partial charge in [0, 0.05) is 17.8 Å². The lowest BCUT2D eigenvalue weighted by molar-refractivity contribution is 0.197. The van der Waals surface area contributed by atoms with Gasteiger partial charge in [0.15, 0.2) is 5.75 Å². The van der Waals surface area contributed by atoms with E-state index in [1.54, 1.807) is 24.7 Å². The number of aryl methyl sites for hydroxylation is 1. The van der Waals surface area contributed by atoms with Crippen LogP contribution in [-0.4, -0.2) is 32.4 Å². The maximum absolute atomic E-state index is 14.3. The third-order valence-corrected chi connectivity index (χ3v) is 5.25. The smallest absolute Gasteiger partial charge is 0.163 e. The minimum atomic E-state index is -0.317. The maximum atomic E-state index is 14.3. The molecule has 2 aromatic heterocycles. The van der Waals surface area contributed by atoms with Crippen LogP contribution in [-0.2, 0) is 0 Å². The summed E-state index contributed by atoms with van der Waals surface area (Å²) in [5.41, 5.74) is 8.71. The summed E-state index contributed by atoms with van der Waals surface area (Å²) in [6, 6.07) is 5.23. The fraction of sp³-hybridized carbons (Fsp3) is 0.381. The average Bonchev–Trinajstić information content (AvgIpc) is 3.16. The summed E-state index contributed by atoms with van der Waals surface area (Å²) in [6.07, 6.45) is 10.9. The molecule has 1 saturated carbocycles. The van der Waals surface area contributed by atoms with Crippen LogP contribution in [0.15, 0.2) is 43.1 Å². The average molecular weight is 418 g/mol. The normalized spacial score (nSPS) is 18.9. The molecule has 0 spiro atoms. The second-order valence-electron chi connectivity index (χ2n) is 7.42. The SMILES string of the molecule is Cc1cccc(F)c1-n1cc(-c2ncncc2OC[C@H]2CCC[C@@H](N)C2)cn1.Cl. The molecule has 2 atom stereocenters. The van der Waals surface area contributed by atoms with E-state index in [2.05, 4.69) is 15.1 Å². The van der Waals surface area contributed by atoms with Crippen molar-refractivity contribution in [2.24, 2.45) is 11.7 Å². The van der Waals surface area contributed by atoms with E-state index in [9.17, 15) is 4.39 Å². The first-order valence-electron chi connectivity index (χ1n) is 9.60. The highest BCUT2D eigenvalue weighted by molar-refractivity contribution is 5.85. The molecule has 154 valence electrons. The number of hydrogen-bond donors (Lipinski definition) is 1. The van der Waals surface area contributed by atoms with Gasteiger partial charge in [-0.05, 0) is 43.7 Å². The van der Waals surface area contributed by atoms with Gasteiger partial charge in [0.05, 0.1) is 19.0 Å². The van der Waals surface area contributed by atoms with Gasteiger partial charge in [-0.25, -0.2) is 19.0 Å². The van der Waals surface area contributed by atoms with Gasteiger partial charge in [-0.3, -0.25) is 0 Å². The van der Waals surface area contributed by atoms with Crippen molar-refractivity contribution in [2.45, 2.75) is 38.6 Å². The van der Waals surface area contributed by atoms with Crippen molar-refractivity contribution in [3.05, 3.63) is 54.5 Å². The van der Waals surface area contributed by atoms with Gasteiger partial charge in [-0.2, -0.15) is 5.10 Å². The minimum absolute atomic E-state index is 0. The van der Waals surface area contributed by atoms with E-state index in [0.29, 0.717) is 29.7 Å². The van der Waals surface area contributed by atoms with Crippen LogP contribution in [0.4, 0.5) is 4.39 Å². The van der Waals surface area contributed by atoms with Crippen LogP contribution in [0.2, 0.25) is 0 Å². The standard InChI is InChI=1S/C21H24FN5O.ClH/c1-14-4-2-7-18(22)21(14)27-11-16(9-26-27)20-19(10-24-13-25-20)28-12-15-5-3-6-17(23)8-15;/h2,4,7,9-11,13,15,17H,3,5-6,8,12,23H2,1H3;1H/t15-,17+;/m0./s1. The van der Waals surface area contributed by atoms with Gasteiger partial charge < -0.3 is 10.5 Å². The molecule has 0 amide bonds. The second-order valence-corrected chi connectivity index (χ2v) is 7.42. The van der Waals surface area contributed by atoms with Crippen molar-refractivity contribution in [1.82, 2.24) is 19.7 Å². The van der Waals surface area contributed by atoms with Crippen LogP contribution < -0.4 is 10.5 Å². The lowest BCUT2D eigenvalue weighted by Crippen LogP contribution is -2.30. The third-order valence-electron chi connectivity index (χ3n) is 5.25. The molecular weight excluding hydrogens is 393 g/mol. The van der Waals surface area contributed by atoms with E-state index in [1.807, 2.05) is 13.0 Å². The fourth-order valence-electron chi connectivity index (χ4n) is 3.81. The molecule has 29 heavy (non-hydrogen) atoms. The van der Waals surface area contributed by atoms with Gasteiger partial charge in [0.25, 0.3) is 0 Å². The molecule has 0 unspecified atom stereocenters. The molecule has 2 heterocycles. The van der Waals surface area contributed by atoms with Crippen molar-refractivity contribution in [3.63, 3.8) is 0 Å². The lowest BCUT2D eigenvalue weighted by Gasteiger charge is -2.26. The predicted molar refractivity (Wildman–Crippen MR) is 112 cm³/mol. The number of halogens is 2. The number of nitrogens with zero attached hydrogens (tertiary/aromatic N) is 4. The van der Waals surface area contributed by atoms with Crippen LogP contribution in [0.3, 0.4) is 0 Å². The summed E-state index contributed by atoms with van der Waals surface area (Å²) < 4.78 is 21.8. The van der Waals surface area contributed by atoms with E-state index in [1.165, 1.54) is 17.1 Å². The number of para-hydroxylation sites is 1. The molecule has 1 fully saturated rings. The van der Waals surface area contributed by atoms with Crippen LogP contribution in [0.25, 0.3) is 16.9 Å². The molecule has 8 heteroatoms. The zero-order chi connectivity index (χ0) is 19.5. The maximum Gasteiger partial charge on any atom is 0.163 e. The first-order valence-corrected chi connectivity index (χ1v) is 9.60. The molecular formula is C21H25ClFN5O. The number of nitrogens with two attached hydrogens (primary N) is 1. The molecule has 1 aliphatic rings. The molecule has 1 aliphatic carbocycles. The summed E-state index contributed by atoms with van der Waals surface area (Å²) in [5.74, 6) is 0.731. The van der Waals surface area contributed by atoms with E-state index < -0.39 is 0 Å². The Balaban J connectivity index is 0.00000240. The van der Waals surface area contributed by atoms with Gasteiger partial charge in [0.2, 0.25) is 0 Å². The van der Waals surface area contributed by atoms with E-state index in [0.717, 1.165) is 36.8 Å². The highest BCUT2D eigenvalue weighted by Gasteiger charge is 2.21. The molecule has 2 N–H and O–H groups in total. The first kappa shape index (κ1) is 21.2. The van der Waals surface area contributed by atoms with Crippen molar-refractivity contribution < 1.29 is 9.13 Å². The van der Waals surface area contributed by atoms with Crippen LogP contribution >= 0.6 is 12.4 Å². The van der Waals surface area contributed by atoms with Crippen molar-refractivity contribution in [1.29, 1.82) is 0 Å². The topological polar surface area (TPSA) is 78.8 Å². The number of aromatic nitrogens is 4. The Morgan fingerprint density at radius 2 is 2.14 bits per heavy atom. The summed E-state index contributed by atoms with van der Waals surface area (Å²) in [4.78, 5) is 8.47. The van der Waals surface area contributed by atoms with Crippen molar-refractivity contribution in [3.8, 4) is 22.7 Å². The van der Waals surface area contributed by atoms with Gasteiger partial charge in [0.1, 0.15) is 23.5 Å². The highest BCUT2D eigenvalue weighted by atomic mass is 35.5. The molecule has 0 bridgehead atoms. The summed E-state index contributed by atoms with van der Waals surface area (Å²) in [7, 11) is 0. The Hall–Kier alpha value is -2.51. The van der Waals surface area contributed by atoms with Gasteiger partial charge in [-0.1, -0.05) is 18.6 Å². The fourth-order valence-corrected chi connectivity index (χ4v) is 3.81. The Labute approximate surface area is 175 Å². The molecule has 3 aromatic rings. The zero-order valence-corrected chi connectivity index (χ0v) is 17.1. The largest absolute Gasteiger partial charge is 0.489 e. The predicted octanol–water partition coefficient (Wildman–Crippen LogP) is 4.09. The van der Waals surface area contributed by atoms with E-state index >= 15 is 0 Å². The Kier molecular flexibility index (Phi) is 6.82. The molecule has 0 saturated heterocycles. The van der Waals surface area contributed by atoms with Crippen LogP contribution in [0.1, 0.15) is 31.2 Å². The number of rotatable bonds is 5. The van der Waals surface area contributed by atoms with E-state index in [-0.39, 0.29) is 24.3 Å². The second kappa shape index (κ2) is 9.33. The number of hydrogen-bond acceptors (Lipinski definition) is 5. The van der Waals surface area contributed by atoms with Crippen molar-refractivity contribution in [2.75, 3.05) is 6.61 Å². The Morgan fingerprint density at radius 1 is 1.28 bits per heavy atom. The summed E-state index contributed by atoms with van der Waals surface area (Å²) in [5, 5.41) is 4.33. The number of benzene rings is 1. The van der Waals surface area contributed by atoms with Crippen LogP contribution in [0, 0.1) is 18.7 Å². The lowest BCUT2D eigenvalue weighted by atomic mass is 9.87. The molecule has 1 aromatic carbocycles. The summed E-state index contributed by atoms with van der Waals surface area (Å²) >= 11 is 0. The Bertz CT molecular complexity index is 943. The van der Waals surface area contributed by atoms with Crippen LogP contribution in [0.5, 0.6) is 5.75 Å². The molecule has 6 nitrogen and oxygen atoms in total. The Morgan fingerprint density at radius 3 is 2.93 bits per heavy atom. The van der Waals surface area contributed by atoms with Gasteiger partial charge >= 0.3 is 0 Å². The third kappa shape index (κ3) is 4.74. The highest BCUT2D eigenvalue weighted by Crippen LogP contribution is 2.30. The monoisotopic (exact) mass is 417 g/mol. The molecule has 0 radical (unpaired) electrons. The quantitative estimate of drug-likeness (QED) is 0.676. The molecule has 4 rings (SSSR count). The minimum Gasteiger partial charge on any atom is -0.489 e.